The lowest BCUT2D eigenvalue weighted by Gasteiger charge is -2.05. The summed E-state index contributed by atoms with van der Waals surface area (Å²) in [7, 11) is 0. The Morgan fingerprint density at radius 1 is 1.15 bits per heavy atom. The van der Waals surface area contributed by atoms with Crippen molar-refractivity contribution in [3.05, 3.63) is 85.5 Å². The smallest absolute Gasteiger partial charge is 0.270 e. The maximum Gasteiger partial charge on any atom is 0.270 e. The van der Waals surface area contributed by atoms with E-state index in [9.17, 15) is 14.9 Å². The van der Waals surface area contributed by atoms with Crippen molar-refractivity contribution in [2.45, 2.75) is 6.54 Å². The van der Waals surface area contributed by atoms with Crippen LogP contribution in [0.3, 0.4) is 0 Å². The number of nitrogens with one attached hydrogen (secondary N) is 1. The van der Waals surface area contributed by atoms with Crippen molar-refractivity contribution < 1.29 is 14.1 Å². The van der Waals surface area contributed by atoms with Crippen LogP contribution in [0.5, 0.6) is 0 Å². The second-order valence-corrected chi connectivity index (χ2v) is 6.70. The first kappa shape index (κ1) is 18.2. The normalized spacial score (nSPS) is 10.5. The third-order valence-corrected chi connectivity index (χ3v) is 4.48. The number of furan rings is 1. The predicted molar refractivity (Wildman–Crippen MR) is 101 cm³/mol. The molecule has 0 saturated heterocycles. The van der Waals surface area contributed by atoms with Gasteiger partial charge in [-0.1, -0.05) is 39.7 Å². The molecule has 0 spiro atoms. The fourth-order valence-corrected chi connectivity index (χ4v) is 2.77. The predicted octanol–water partition coefficient (Wildman–Crippen LogP) is 5.20. The molecule has 26 heavy (non-hydrogen) atoms. The number of benzene rings is 2. The van der Waals surface area contributed by atoms with Crippen LogP contribution in [-0.4, -0.2) is 10.8 Å². The van der Waals surface area contributed by atoms with E-state index in [0.717, 1.165) is 16.1 Å². The minimum absolute atomic E-state index is 0.0422. The number of carbonyl (C=O) groups is 1. The summed E-state index contributed by atoms with van der Waals surface area (Å²) in [5.41, 5.74) is 0.753. The summed E-state index contributed by atoms with van der Waals surface area (Å²) in [4.78, 5) is 22.5. The summed E-state index contributed by atoms with van der Waals surface area (Å²) < 4.78 is 6.68. The van der Waals surface area contributed by atoms with Gasteiger partial charge in [0.1, 0.15) is 11.5 Å². The van der Waals surface area contributed by atoms with Crippen LogP contribution in [0, 0.1) is 10.1 Å². The largest absolute Gasteiger partial charge is 0.459 e. The number of non-ortho nitro benzene ring substituents is 1. The molecule has 3 rings (SSSR count). The highest BCUT2D eigenvalue weighted by atomic mass is 79.9. The van der Waals surface area contributed by atoms with E-state index in [2.05, 4.69) is 21.2 Å². The zero-order chi connectivity index (χ0) is 18.7. The van der Waals surface area contributed by atoms with Gasteiger partial charge in [-0.25, -0.2) is 0 Å². The average Bonchev–Trinajstić information content (AvgIpc) is 3.09. The van der Waals surface area contributed by atoms with Gasteiger partial charge in [-0.15, -0.1) is 0 Å². The molecule has 8 heteroatoms. The van der Waals surface area contributed by atoms with Gasteiger partial charge in [0.25, 0.3) is 11.6 Å². The topological polar surface area (TPSA) is 85.4 Å². The fourth-order valence-electron chi connectivity index (χ4n) is 2.31. The molecule has 0 saturated carbocycles. The summed E-state index contributed by atoms with van der Waals surface area (Å²) in [6.45, 7) is 0.133. The van der Waals surface area contributed by atoms with Gasteiger partial charge >= 0.3 is 0 Å². The first-order chi connectivity index (χ1) is 12.4. The van der Waals surface area contributed by atoms with Crippen molar-refractivity contribution in [3.63, 3.8) is 0 Å². The molecule has 3 aromatic rings. The summed E-state index contributed by atoms with van der Waals surface area (Å²) in [5.74, 6) is 0.716. The Kier molecular flexibility index (Phi) is 5.39. The number of nitro benzene ring substituents is 1. The van der Waals surface area contributed by atoms with Gasteiger partial charge in [-0.05, 0) is 30.3 Å². The maximum atomic E-state index is 12.3. The van der Waals surface area contributed by atoms with Crippen LogP contribution in [-0.2, 0) is 6.54 Å². The van der Waals surface area contributed by atoms with E-state index in [1.54, 1.807) is 6.07 Å². The van der Waals surface area contributed by atoms with Crippen molar-refractivity contribution in [2.24, 2.45) is 0 Å². The lowest BCUT2D eigenvalue weighted by molar-refractivity contribution is -0.384. The van der Waals surface area contributed by atoms with Crippen molar-refractivity contribution in [1.82, 2.24) is 5.32 Å². The van der Waals surface area contributed by atoms with Crippen LogP contribution in [0.2, 0.25) is 5.02 Å². The van der Waals surface area contributed by atoms with Crippen LogP contribution in [0.25, 0.3) is 11.3 Å². The van der Waals surface area contributed by atoms with Crippen LogP contribution < -0.4 is 5.32 Å². The van der Waals surface area contributed by atoms with E-state index in [1.807, 2.05) is 30.3 Å². The third-order valence-electron chi connectivity index (χ3n) is 3.62. The van der Waals surface area contributed by atoms with Gasteiger partial charge in [0.2, 0.25) is 0 Å². The summed E-state index contributed by atoms with van der Waals surface area (Å²) in [6, 6.07) is 14.9. The van der Waals surface area contributed by atoms with E-state index in [-0.39, 0.29) is 22.8 Å². The van der Waals surface area contributed by atoms with Crippen LogP contribution in [0.4, 0.5) is 5.69 Å². The zero-order valence-corrected chi connectivity index (χ0v) is 15.6. The Hall–Kier alpha value is -2.64. The third kappa shape index (κ3) is 4.12. The van der Waals surface area contributed by atoms with E-state index in [0.29, 0.717) is 11.5 Å². The van der Waals surface area contributed by atoms with Gasteiger partial charge in [0, 0.05) is 22.2 Å². The number of hydrogen-bond donors (Lipinski definition) is 1. The Morgan fingerprint density at radius 3 is 2.58 bits per heavy atom. The lowest BCUT2D eigenvalue weighted by Crippen LogP contribution is -2.23. The van der Waals surface area contributed by atoms with Gasteiger partial charge in [-0.3, -0.25) is 14.9 Å². The number of hydrogen-bond acceptors (Lipinski definition) is 4. The van der Waals surface area contributed by atoms with Gasteiger partial charge in [0.05, 0.1) is 22.1 Å². The minimum atomic E-state index is -0.579. The van der Waals surface area contributed by atoms with E-state index < -0.39 is 10.8 Å². The molecule has 0 fully saturated rings. The van der Waals surface area contributed by atoms with Gasteiger partial charge in [-0.2, -0.15) is 0 Å². The molecular weight excluding hydrogens is 424 g/mol. The Balaban J connectivity index is 1.70. The van der Waals surface area contributed by atoms with E-state index in [4.69, 9.17) is 16.0 Å². The van der Waals surface area contributed by atoms with Crippen molar-refractivity contribution in [1.29, 1.82) is 0 Å². The lowest BCUT2D eigenvalue weighted by atomic mass is 10.2. The first-order valence-corrected chi connectivity index (χ1v) is 8.68. The summed E-state index contributed by atoms with van der Waals surface area (Å²) in [6.07, 6.45) is 0. The number of rotatable bonds is 5. The second kappa shape index (κ2) is 7.72. The summed E-state index contributed by atoms with van der Waals surface area (Å²) >= 11 is 9.34. The molecule has 0 aliphatic heterocycles. The maximum absolute atomic E-state index is 12.3. The molecule has 0 aliphatic carbocycles. The van der Waals surface area contributed by atoms with Gasteiger partial charge < -0.3 is 9.73 Å². The fraction of sp³-hybridized carbons (Fsp3) is 0.0556. The SMILES string of the molecule is O=C(NCc1ccc(-c2ccc(Br)cc2)o1)c1cc([N+](=O)[O-])ccc1Cl. The molecule has 6 nitrogen and oxygen atoms in total. The molecule has 1 heterocycles. The average molecular weight is 436 g/mol. The highest BCUT2D eigenvalue weighted by molar-refractivity contribution is 9.10. The number of nitro groups is 1. The molecule has 2 aromatic carbocycles. The number of halogens is 2. The monoisotopic (exact) mass is 434 g/mol. The molecule has 132 valence electrons. The molecular formula is C18H12BrClN2O4. The molecule has 0 radical (unpaired) electrons. The van der Waals surface area contributed by atoms with Crippen LogP contribution >= 0.6 is 27.5 Å². The Bertz CT molecular complexity index is 970. The number of amides is 1. The summed E-state index contributed by atoms with van der Waals surface area (Å²) in [5, 5.41) is 13.6. The molecule has 0 atom stereocenters. The van der Waals surface area contributed by atoms with Crippen molar-refractivity contribution >= 4 is 39.1 Å². The molecule has 1 N–H and O–H groups in total. The molecule has 1 aromatic heterocycles. The number of nitrogens with zero attached hydrogens (tertiary/aromatic N) is 1. The van der Waals surface area contributed by atoms with Crippen molar-refractivity contribution in [3.8, 4) is 11.3 Å². The second-order valence-electron chi connectivity index (χ2n) is 5.38. The molecule has 0 bridgehead atoms. The molecule has 0 unspecified atom stereocenters. The Labute approximate surface area is 162 Å². The molecule has 0 aliphatic rings. The highest BCUT2D eigenvalue weighted by Crippen LogP contribution is 2.25. The zero-order valence-electron chi connectivity index (χ0n) is 13.2. The van der Waals surface area contributed by atoms with Crippen molar-refractivity contribution in [2.75, 3.05) is 0 Å². The van der Waals surface area contributed by atoms with E-state index >= 15 is 0 Å². The van der Waals surface area contributed by atoms with E-state index in [1.165, 1.54) is 12.1 Å². The van der Waals surface area contributed by atoms with Gasteiger partial charge in [0.15, 0.2) is 0 Å². The standard InChI is InChI=1S/C18H12BrClN2O4/c19-12-3-1-11(2-4-12)17-8-6-14(26-17)10-21-18(23)15-9-13(22(24)25)5-7-16(15)20/h1-9H,10H2,(H,21,23). The first-order valence-electron chi connectivity index (χ1n) is 7.51. The Morgan fingerprint density at radius 2 is 1.88 bits per heavy atom. The minimum Gasteiger partial charge on any atom is -0.459 e. The van der Waals surface area contributed by atoms with Crippen LogP contribution in [0.15, 0.2) is 63.5 Å². The molecule has 1 amide bonds. The number of carbonyl (C=O) groups excluding carboxylic acids is 1. The highest BCUT2D eigenvalue weighted by Gasteiger charge is 2.16. The quantitative estimate of drug-likeness (QED) is 0.441. The van der Waals surface area contributed by atoms with Crippen LogP contribution in [0.1, 0.15) is 16.1 Å².